The molecule has 0 N–H and O–H groups in total. The molecule has 1 unspecified atom stereocenters. The van der Waals surface area contributed by atoms with Gasteiger partial charge in [-0.1, -0.05) is 18.2 Å². The van der Waals surface area contributed by atoms with E-state index in [9.17, 15) is 9.18 Å². The molecule has 0 spiro atoms. The van der Waals surface area contributed by atoms with Gasteiger partial charge in [-0.05, 0) is 19.4 Å². The molecular formula is C15H20FNO2S. The summed E-state index contributed by atoms with van der Waals surface area (Å²) in [6.07, 6.45) is 0.781. The Balaban J connectivity index is 1.95. The van der Waals surface area contributed by atoms with Crippen LogP contribution >= 0.6 is 11.8 Å². The highest BCUT2D eigenvalue weighted by atomic mass is 32.2. The lowest BCUT2D eigenvalue weighted by Crippen LogP contribution is -2.35. The molecule has 0 radical (unpaired) electrons. The number of halogens is 1. The summed E-state index contributed by atoms with van der Waals surface area (Å²) in [5, 5.41) is 0.126. The molecule has 3 nitrogen and oxygen atoms in total. The number of ether oxygens (including phenoxy) is 1. The molecule has 0 aliphatic carbocycles. The number of thioether (sulfide) groups is 1. The van der Waals surface area contributed by atoms with Crippen molar-refractivity contribution >= 4 is 17.7 Å². The number of rotatable bonds is 4. The van der Waals surface area contributed by atoms with Crippen LogP contribution < -0.4 is 0 Å². The maximum atomic E-state index is 13.8. The van der Waals surface area contributed by atoms with Gasteiger partial charge in [-0.15, -0.1) is 0 Å². The summed E-state index contributed by atoms with van der Waals surface area (Å²) < 4.78 is 19.0. The zero-order valence-corrected chi connectivity index (χ0v) is 12.5. The van der Waals surface area contributed by atoms with Crippen LogP contribution in [0.15, 0.2) is 24.3 Å². The van der Waals surface area contributed by atoms with Crippen LogP contribution in [0.3, 0.4) is 0 Å². The standard InChI is InChI=1S/C15H20FNO2S/c1-2-19-11-15(18)17-8-7-14(20-10-9-17)12-5-3-4-6-13(12)16/h3-6,14H,2,7-11H2,1H3. The zero-order valence-electron chi connectivity index (χ0n) is 11.7. The lowest BCUT2D eigenvalue weighted by molar-refractivity contribution is -0.135. The fraction of sp³-hybridized carbons (Fsp3) is 0.533. The van der Waals surface area contributed by atoms with Gasteiger partial charge >= 0.3 is 0 Å². The number of nitrogens with zero attached hydrogens (tertiary/aromatic N) is 1. The van der Waals surface area contributed by atoms with Crippen molar-refractivity contribution in [3.05, 3.63) is 35.6 Å². The van der Waals surface area contributed by atoms with E-state index in [1.54, 1.807) is 17.8 Å². The Morgan fingerprint density at radius 2 is 2.25 bits per heavy atom. The summed E-state index contributed by atoms with van der Waals surface area (Å²) in [4.78, 5) is 13.8. The predicted molar refractivity (Wildman–Crippen MR) is 79.3 cm³/mol. The van der Waals surface area contributed by atoms with Gasteiger partial charge in [0.05, 0.1) is 0 Å². The molecule has 1 saturated heterocycles. The second-order valence-corrected chi connectivity index (χ2v) is 6.00. The van der Waals surface area contributed by atoms with Crippen LogP contribution in [0, 0.1) is 5.82 Å². The Labute approximate surface area is 123 Å². The smallest absolute Gasteiger partial charge is 0.248 e. The molecule has 1 aliphatic rings. The first-order valence-electron chi connectivity index (χ1n) is 6.94. The van der Waals surface area contributed by atoms with Crippen LogP contribution in [-0.4, -0.2) is 42.9 Å². The summed E-state index contributed by atoms with van der Waals surface area (Å²) in [6, 6.07) is 6.91. The Kier molecular flexibility index (Phi) is 5.86. The zero-order chi connectivity index (χ0) is 14.4. The van der Waals surface area contributed by atoms with Gasteiger partial charge in [0.2, 0.25) is 5.91 Å². The van der Waals surface area contributed by atoms with Crippen molar-refractivity contribution in [1.29, 1.82) is 0 Å². The minimum Gasteiger partial charge on any atom is -0.372 e. The summed E-state index contributed by atoms with van der Waals surface area (Å²) in [6.45, 7) is 3.94. The molecule has 20 heavy (non-hydrogen) atoms. The van der Waals surface area contributed by atoms with Gasteiger partial charge in [0, 0.05) is 36.3 Å². The second kappa shape index (κ2) is 7.64. The Bertz CT molecular complexity index is 455. The van der Waals surface area contributed by atoms with Crippen molar-refractivity contribution in [2.45, 2.75) is 18.6 Å². The van der Waals surface area contributed by atoms with Crippen LogP contribution in [0.4, 0.5) is 4.39 Å². The molecule has 0 aromatic heterocycles. The number of carbonyl (C=O) groups excluding carboxylic acids is 1. The topological polar surface area (TPSA) is 29.5 Å². The molecule has 5 heteroatoms. The van der Waals surface area contributed by atoms with E-state index in [4.69, 9.17) is 4.74 Å². The van der Waals surface area contributed by atoms with E-state index >= 15 is 0 Å². The molecule has 0 bridgehead atoms. The quantitative estimate of drug-likeness (QED) is 0.856. The molecule has 1 aliphatic heterocycles. The van der Waals surface area contributed by atoms with Crippen molar-refractivity contribution in [1.82, 2.24) is 4.90 Å². The van der Waals surface area contributed by atoms with E-state index in [2.05, 4.69) is 0 Å². The van der Waals surface area contributed by atoms with Crippen LogP contribution in [0.25, 0.3) is 0 Å². The third-order valence-electron chi connectivity index (χ3n) is 3.38. The molecule has 1 fully saturated rings. The van der Waals surface area contributed by atoms with Crippen LogP contribution in [0.5, 0.6) is 0 Å². The molecule has 1 amide bonds. The number of hydrogen-bond donors (Lipinski definition) is 0. The highest BCUT2D eigenvalue weighted by Gasteiger charge is 2.23. The van der Waals surface area contributed by atoms with E-state index in [-0.39, 0.29) is 23.6 Å². The van der Waals surface area contributed by atoms with Crippen molar-refractivity contribution in [3.63, 3.8) is 0 Å². The number of benzene rings is 1. The van der Waals surface area contributed by atoms with Crippen molar-refractivity contribution in [2.24, 2.45) is 0 Å². The third-order valence-corrected chi connectivity index (χ3v) is 4.69. The fourth-order valence-electron chi connectivity index (χ4n) is 2.28. The summed E-state index contributed by atoms with van der Waals surface area (Å²) in [5.74, 6) is 0.706. The third kappa shape index (κ3) is 3.96. The molecule has 1 aromatic rings. The van der Waals surface area contributed by atoms with Crippen molar-refractivity contribution in [2.75, 3.05) is 32.1 Å². The molecule has 0 saturated carbocycles. The molecule has 1 atom stereocenters. The summed E-state index contributed by atoms with van der Waals surface area (Å²) in [7, 11) is 0. The van der Waals surface area contributed by atoms with E-state index in [1.807, 2.05) is 24.0 Å². The van der Waals surface area contributed by atoms with E-state index in [1.165, 1.54) is 6.07 Å². The van der Waals surface area contributed by atoms with Crippen LogP contribution in [0.2, 0.25) is 0 Å². The van der Waals surface area contributed by atoms with Crippen LogP contribution in [0.1, 0.15) is 24.2 Å². The number of hydrogen-bond acceptors (Lipinski definition) is 3. The molecule has 1 heterocycles. The summed E-state index contributed by atoms with van der Waals surface area (Å²) >= 11 is 1.72. The highest BCUT2D eigenvalue weighted by Crippen LogP contribution is 2.35. The Morgan fingerprint density at radius 3 is 3.00 bits per heavy atom. The molecular weight excluding hydrogens is 277 g/mol. The molecule has 2 rings (SSSR count). The maximum absolute atomic E-state index is 13.8. The van der Waals surface area contributed by atoms with E-state index in [0.717, 1.165) is 17.7 Å². The van der Waals surface area contributed by atoms with E-state index < -0.39 is 0 Å². The first-order valence-corrected chi connectivity index (χ1v) is 7.98. The van der Waals surface area contributed by atoms with Gasteiger partial charge in [0.1, 0.15) is 12.4 Å². The Hall–Kier alpha value is -1.07. The predicted octanol–water partition coefficient (Wildman–Crippen LogP) is 2.87. The SMILES string of the molecule is CCOCC(=O)N1CCSC(c2ccccc2F)CC1. The second-order valence-electron chi connectivity index (χ2n) is 4.69. The van der Waals surface area contributed by atoms with Gasteiger partial charge in [0.25, 0.3) is 0 Å². The summed E-state index contributed by atoms with van der Waals surface area (Å²) in [5.41, 5.74) is 0.747. The van der Waals surface area contributed by atoms with Crippen LogP contribution in [-0.2, 0) is 9.53 Å². The van der Waals surface area contributed by atoms with E-state index in [0.29, 0.717) is 19.7 Å². The fourth-order valence-corrected chi connectivity index (χ4v) is 3.54. The monoisotopic (exact) mass is 297 g/mol. The minimum absolute atomic E-state index is 0.0293. The maximum Gasteiger partial charge on any atom is 0.248 e. The van der Waals surface area contributed by atoms with Gasteiger partial charge in [-0.25, -0.2) is 4.39 Å². The minimum atomic E-state index is -0.154. The Morgan fingerprint density at radius 1 is 1.45 bits per heavy atom. The average Bonchev–Trinajstić information content (AvgIpc) is 2.71. The van der Waals surface area contributed by atoms with Crippen molar-refractivity contribution < 1.29 is 13.9 Å². The van der Waals surface area contributed by atoms with Gasteiger partial charge in [-0.2, -0.15) is 11.8 Å². The molecule has 110 valence electrons. The molecule has 1 aromatic carbocycles. The number of carbonyl (C=O) groups is 1. The lowest BCUT2D eigenvalue weighted by Gasteiger charge is -2.20. The first-order chi connectivity index (χ1) is 9.72. The van der Waals surface area contributed by atoms with Crippen molar-refractivity contribution in [3.8, 4) is 0 Å². The highest BCUT2D eigenvalue weighted by molar-refractivity contribution is 7.99. The normalized spacial score (nSPS) is 19.7. The number of amides is 1. The van der Waals surface area contributed by atoms with Gasteiger partial charge in [-0.3, -0.25) is 4.79 Å². The van der Waals surface area contributed by atoms with Gasteiger partial charge < -0.3 is 9.64 Å². The largest absolute Gasteiger partial charge is 0.372 e. The lowest BCUT2D eigenvalue weighted by atomic mass is 10.1. The first kappa shape index (κ1) is 15.3. The van der Waals surface area contributed by atoms with Gasteiger partial charge in [0.15, 0.2) is 0 Å². The average molecular weight is 297 g/mol.